The summed E-state index contributed by atoms with van der Waals surface area (Å²) in [5, 5.41) is 11.0. The first-order valence-electron chi connectivity index (χ1n) is 6.74. The van der Waals surface area contributed by atoms with Crippen molar-refractivity contribution in [2.24, 2.45) is 0 Å². The van der Waals surface area contributed by atoms with Crippen LogP contribution in [0.25, 0.3) is 0 Å². The molecule has 1 aromatic rings. The second-order valence-electron chi connectivity index (χ2n) is 4.78. The number of aromatic nitrogens is 1. The number of piperazine rings is 1. The Morgan fingerprint density at radius 2 is 2.14 bits per heavy atom. The quantitative estimate of drug-likeness (QED) is 0.448. The van der Waals surface area contributed by atoms with Gasteiger partial charge in [-0.25, -0.2) is 0 Å². The van der Waals surface area contributed by atoms with Crippen LogP contribution in [-0.4, -0.2) is 60.6 Å². The highest BCUT2D eigenvalue weighted by Gasteiger charge is 2.23. The van der Waals surface area contributed by atoms with E-state index in [9.17, 15) is 14.9 Å². The summed E-state index contributed by atoms with van der Waals surface area (Å²) in [7, 11) is 1.38. The van der Waals surface area contributed by atoms with Gasteiger partial charge in [0.1, 0.15) is 11.9 Å². The number of pyridine rings is 1. The summed E-state index contributed by atoms with van der Waals surface area (Å²) >= 11 is 0. The number of ether oxygens (including phenoxy) is 1. The molecule has 0 amide bonds. The van der Waals surface area contributed by atoms with Crippen molar-refractivity contribution in [2.45, 2.75) is 6.42 Å². The lowest BCUT2D eigenvalue weighted by molar-refractivity contribution is -0.384. The Balaban J connectivity index is 1.92. The number of esters is 1. The molecule has 114 valence electrons. The monoisotopic (exact) mass is 294 g/mol. The number of anilines is 1. The Bertz CT molecular complexity index is 515. The molecule has 0 N–H and O–H groups in total. The average molecular weight is 294 g/mol. The van der Waals surface area contributed by atoms with Crippen molar-refractivity contribution in [1.29, 1.82) is 0 Å². The highest BCUT2D eigenvalue weighted by molar-refractivity contribution is 5.69. The van der Waals surface area contributed by atoms with Gasteiger partial charge in [0.25, 0.3) is 0 Å². The Morgan fingerprint density at radius 1 is 1.43 bits per heavy atom. The number of rotatable bonds is 5. The van der Waals surface area contributed by atoms with Crippen LogP contribution in [-0.2, 0) is 9.53 Å². The number of methoxy groups -OCH3 is 1. The topological polar surface area (TPSA) is 88.8 Å². The standard InChI is InChI=1S/C13H18N4O4/c1-21-13(18)3-5-15-6-8-16(9-7-15)11-2-4-14-10-12(11)17(19)20/h2,4,10H,3,5-9H2,1H3. The molecule has 0 saturated carbocycles. The van der Waals surface area contributed by atoms with Crippen LogP contribution < -0.4 is 4.90 Å². The molecule has 1 aliphatic rings. The minimum Gasteiger partial charge on any atom is -0.469 e. The van der Waals surface area contributed by atoms with Crippen molar-refractivity contribution in [3.63, 3.8) is 0 Å². The predicted molar refractivity (Wildman–Crippen MR) is 76.2 cm³/mol. The second-order valence-corrected chi connectivity index (χ2v) is 4.78. The number of carbonyl (C=O) groups excluding carboxylic acids is 1. The maximum atomic E-state index is 11.1. The fraction of sp³-hybridized carbons (Fsp3) is 0.538. The Hall–Kier alpha value is -2.22. The van der Waals surface area contributed by atoms with E-state index in [4.69, 9.17) is 0 Å². The van der Waals surface area contributed by atoms with Gasteiger partial charge in [0.15, 0.2) is 0 Å². The summed E-state index contributed by atoms with van der Waals surface area (Å²) in [6.07, 6.45) is 3.21. The zero-order valence-corrected chi connectivity index (χ0v) is 11.9. The highest BCUT2D eigenvalue weighted by Crippen LogP contribution is 2.27. The van der Waals surface area contributed by atoms with E-state index in [-0.39, 0.29) is 11.7 Å². The van der Waals surface area contributed by atoms with Crippen LogP contribution in [0.2, 0.25) is 0 Å². The molecule has 1 aliphatic heterocycles. The van der Waals surface area contributed by atoms with Gasteiger partial charge >= 0.3 is 11.7 Å². The van der Waals surface area contributed by atoms with Crippen LogP contribution in [0.1, 0.15) is 6.42 Å². The number of hydrogen-bond donors (Lipinski definition) is 0. The first kappa shape index (κ1) is 15.2. The van der Waals surface area contributed by atoms with E-state index >= 15 is 0 Å². The molecule has 0 bridgehead atoms. The summed E-state index contributed by atoms with van der Waals surface area (Å²) < 4.78 is 4.62. The SMILES string of the molecule is COC(=O)CCN1CCN(c2ccncc2[N+](=O)[O-])CC1. The molecule has 1 fully saturated rings. The number of nitrogens with zero attached hydrogens (tertiary/aromatic N) is 4. The van der Waals surface area contributed by atoms with Gasteiger partial charge in [0.2, 0.25) is 0 Å². The van der Waals surface area contributed by atoms with Gasteiger partial charge in [-0.3, -0.25) is 24.8 Å². The van der Waals surface area contributed by atoms with Crippen LogP contribution >= 0.6 is 0 Å². The first-order chi connectivity index (χ1) is 10.1. The van der Waals surface area contributed by atoms with Crippen LogP contribution in [0, 0.1) is 10.1 Å². The summed E-state index contributed by atoms with van der Waals surface area (Å²) in [5.41, 5.74) is 0.628. The molecular weight excluding hydrogens is 276 g/mol. The van der Waals surface area contributed by atoms with Gasteiger partial charge in [-0.1, -0.05) is 0 Å². The van der Waals surface area contributed by atoms with Gasteiger partial charge in [-0.05, 0) is 6.07 Å². The molecule has 0 aromatic carbocycles. The third-order valence-electron chi connectivity index (χ3n) is 3.55. The molecule has 0 atom stereocenters. The summed E-state index contributed by atoms with van der Waals surface area (Å²) in [6, 6.07) is 1.67. The van der Waals surface area contributed by atoms with Gasteiger partial charge in [0, 0.05) is 38.9 Å². The lowest BCUT2D eigenvalue weighted by Gasteiger charge is -2.35. The fourth-order valence-corrected chi connectivity index (χ4v) is 2.35. The Morgan fingerprint density at radius 3 is 2.76 bits per heavy atom. The first-order valence-corrected chi connectivity index (χ1v) is 6.74. The molecule has 0 radical (unpaired) electrons. The molecule has 2 heterocycles. The van der Waals surface area contributed by atoms with Crippen molar-refractivity contribution in [2.75, 3.05) is 44.7 Å². The highest BCUT2D eigenvalue weighted by atomic mass is 16.6. The molecule has 21 heavy (non-hydrogen) atoms. The minimum atomic E-state index is -0.411. The molecule has 8 nitrogen and oxygen atoms in total. The van der Waals surface area contributed by atoms with Crippen molar-refractivity contribution in [1.82, 2.24) is 9.88 Å². The van der Waals surface area contributed by atoms with Crippen LogP contribution in [0.15, 0.2) is 18.5 Å². The van der Waals surface area contributed by atoms with Gasteiger partial charge in [-0.15, -0.1) is 0 Å². The largest absolute Gasteiger partial charge is 0.469 e. The normalized spacial score (nSPS) is 15.8. The molecule has 2 rings (SSSR count). The maximum Gasteiger partial charge on any atom is 0.310 e. The summed E-state index contributed by atoms with van der Waals surface area (Å²) in [5.74, 6) is -0.220. The zero-order valence-electron chi connectivity index (χ0n) is 11.9. The van der Waals surface area contributed by atoms with Crippen molar-refractivity contribution >= 4 is 17.3 Å². The van der Waals surface area contributed by atoms with E-state index in [1.807, 2.05) is 4.90 Å². The van der Waals surface area contributed by atoms with E-state index in [0.29, 0.717) is 31.7 Å². The Kier molecular flexibility index (Phi) is 5.04. The Labute approximate surface area is 122 Å². The molecule has 0 spiro atoms. The van der Waals surface area contributed by atoms with E-state index in [1.54, 1.807) is 12.3 Å². The van der Waals surface area contributed by atoms with Crippen LogP contribution in [0.3, 0.4) is 0 Å². The van der Waals surface area contributed by atoms with Gasteiger partial charge in [-0.2, -0.15) is 0 Å². The lowest BCUT2D eigenvalue weighted by atomic mass is 10.2. The van der Waals surface area contributed by atoms with E-state index in [1.165, 1.54) is 13.3 Å². The van der Waals surface area contributed by atoms with Crippen LogP contribution in [0.5, 0.6) is 0 Å². The van der Waals surface area contributed by atoms with Crippen molar-refractivity contribution in [3.8, 4) is 0 Å². The number of nitro groups is 1. The van der Waals surface area contributed by atoms with Crippen LogP contribution in [0.4, 0.5) is 11.4 Å². The molecule has 1 saturated heterocycles. The molecule has 0 unspecified atom stereocenters. The van der Waals surface area contributed by atoms with Crippen molar-refractivity contribution < 1.29 is 14.5 Å². The van der Waals surface area contributed by atoms with E-state index in [2.05, 4.69) is 14.6 Å². The summed E-state index contributed by atoms with van der Waals surface area (Å²) in [4.78, 5) is 29.7. The smallest absolute Gasteiger partial charge is 0.310 e. The molecular formula is C13H18N4O4. The molecule has 0 aliphatic carbocycles. The van der Waals surface area contributed by atoms with Gasteiger partial charge < -0.3 is 9.64 Å². The van der Waals surface area contributed by atoms with Gasteiger partial charge in [0.05, 0.1) is 18.5 Å². The summed E-state index contributed by atoms with van der Waals surface area (Å²) in [6.45, 7) is 3.55. The van der Waals surface area contributed by atoms with E-state index < -0.39 is 4.92 Å². The second kappa shape index (κ2) is 6.98. The lowest BCUT2D eigenvalue weighted by Crippen LogP contribution is -2.47. The minimum absolute atomic E-state index is 0.0283. The van der Waals surface area contributed by atoms with Crippen molar-refractivity contribution in [3.05, 3.63) is 28.6 Å². The average Bonchev–Trinajstić information content (AvgIpc) is 2.53. The molecule has 1 aromatic heterocycles. The number of hydrogen-bond acceptors (Lipinski definition) is 7. The zero-order chi connectivity index (χ0) is 15.2. The third-order valence-corrected chi connectivity index (χ3v) is 3.55. The van der Waals surface area contributed by atoms with E-state index in [0.717, 1.165) is 13.1 Å². The predicted octanol–water partition coefficient (Wildman–Crippen LogP) is 0.675. The fourth-order valence-electron chi connectivity index (χ4n) is 2.35. The number of carbonyl (C=O) groups is 1. The maximum absolute atomic E-state index is 11.1. The molecule has 8 heteroatoms. The third kappa shape index (κ3) is 3.88.